The molecule has 0 aliphatic rings. The molecule has 0 radical (unpaired) electrons. The molecule has 0 bridgehead atoms. The second-order valence-corrected chi connectivity index (χ2v) is 5.04. The van der Waals surface area contributed by atoms with Crippen molar-refractivity contribution in [1.82, 2.24) is 0 Å². The highest BCUT2D eigenvalue weighted by Crippen LogP contribution is 2.32. The first-order valence-corrected chi connectivity index (χ1v) is 6.78. The summed E-state index contributed by atoms with van der Waals surface area (Å²) in [5.41, 5.74) is 6.08. The number of ether oxygens (including phenoxy) is 1. The number of nitrogens with two attached hydrogens (primary N) is 1. The minimum atomic E-state index is -0.376. The van der Waals surface area contributed by atoms with E-state index in [2.05, 4.69) is 0 Å². The lowest BCUT2D eigenvalue weighted by Crippen LogP contribution is -2.31. The zero-order chi connectivity index (χ0) is 13.8. The Hall–Kier alpha value is -1.16. The molecule has 3 nitrogen and oxygen atoms in total. The van der Waals surface area contributed by atoms with Gasteiger partial charge in [0.1, 0.15) is 11.5 Å². The fourth-order valence-electron chi connectivity index (χ4n) is 1.73. The van der Waals surface area contributed by atoms with Gasteiger partial charge in [-0.15, -0.1) is 0 Å². The van der Waals surface area contributed by atoms with Gasteiger partial charge in [0.2, 0.25) is 0 Å². The number of furan rings is 1. The summed E-state index contributed by atoms with van der Waals surface area (Å²) in [6, 6.07) is 8.54. The zero-order valence-corrected chi connectivity index (χ0v) is 12.0. The fourth-order valence-corrected chi connectivity index (χ4v) is 2.18. The van der Waals surface area contributed by atoms with Gasteiger partial charge in [-0.1, -0.05) is 30.1 Å². The van der Waals surface area contributed by atoms with E-state index in [4.69, 9.17) is 38.1 Å². The van der Waals surface area contributed by atoms with Crippen LogP contribution in [0, 0.1) is 0 Å². The molecule has 1 heterocycles. The highest BCUT2D eigenvalue weighted by molar-refractivity contribution is 6.35. The van der Waals surface area contributed by atoms with Gasteiger partial charge in [0, 0.05) is 11.1 Å². The molecular weight excluding hydrogens is 285 g/mol. The Morgan fingerprint density at radius 1 is 1.32 bits per heavy atom. The van der Waals surface area contributed by atoms with Crippen LogP contribution < -0.4 is 10.5 Å². The molecule has 2 N–H and O–H groups in total. The quantitative estimate of drug-likeness (QED) is 0.887. The average molecular weight is 300 g/mol. The highest BCUT2D eigenvalue weighted by atomic mass is 35.5. The first kappa shape index (κ1) is 14.3. The normalized spacial score (nSPS) is 14.1. The lowest BCUT2D eigenvalue weighted by molar-refractivity contribution is 0.145. The van der Waals surface area contributed by atoms with Crippen molar-refractivity contribution in [2.45, 2.75) is 25.5 Å². The van der Waals surface area contributed by atoms with Crippen molar-refractivity contribution in [2.75, 3.05) is 0 Å². The van der Waals surface area contributed by atoms with Gasteiger partial charge >= 0.3 is 0 Å². The summed E-state index contributed by atoms with van der Waals surface area (Å²) in [6.45, 7) is 1.99. The third-order valence-electron chi connectivity index (χ3n) is 2.83. The molecule has 2 atom stereocenters. The average Bonchev–Trinajstić information content (AvgIpc) is 2.91. The van der Waals surface area contributed by atoms with Gasteiger partial charge in [-0.05, 0) is 36.8 Å². The Balaban J connectivity index is 2.25. The van der Waals surface area contributed by atoms with Crippen LogP contribution >= 0.6 is 23.2 Å². The topological polar surface area (TPSA) is 48.4 Å². The lowest BCUT2D eigenvalue weighted by atomic mass is 10.1. The van der Waals surface area contributed by atoms with Crippen LogP contribution in [0.3, 0.4) is 0 Å². The van der Waals surface area contributed by atoms with Gasteiger partial charge in [0.15, 0.2) is 6.10 Å². The Labute approximate surface area is 122 Å². The number of hydrogen-bond donors (Lipinski definition) is 1. The summed E-state index contributed by atoms with van der Waals surface area (Å²) in [4.78, 5) is 0. The van der Waals surface area contributed by atoms with E-state index in [9.17, 15) is 0 Å². The van der Waals surface area contributed by atoms with Gasteiger partial charge in [-0.25, -0.2) is 0 Å². The summed E-state index contributed by atoms with van der Waals surface area (Å²) >= 11 is 12.0. The van der Waals surface area contributed by atoms with Gasteiger partial charge in [0.25, 0.3) is 0 Å². The second-order valence-electron chi connectivity index (χ2n) is 4.20. The van der Waals surface area contributed by atoms with Crippen LogP contribution in [-0.4, -0.2) is 6.04 Å². The van der Waals surface area contributed by atoms with Gasteiger partial charge in [-0.2, -0.15) is 0 Å². The molecule has 0 spiro atoms. The maximum atomic E-state index is 6.10. The van der Waals surface area contributed by atoms with Crippen molar-refractivity contribution in [3.05, 3.63) is 52.4 Å². The summed E-state index contributed by atoms with van der Waals surface area (Å²) in [7, 11) is 0. The standard InChI is InChI=1S/C14H15Cl2NO2/c1-2-11(17)14(13-4-3-7-18-13)19-12-6-5-9(15)8-10(12)16/h3-8,11,14H,2,17H2,1H3. The first-order chi connectivity index (χ1) is 9.11. The van der Waals surface area contributed by atoms with E-state index >= 15 is 0 Å². The van der Waals surface area contributed by atoms with Crippen molar-refractivity contribution in [2.24, 2.45) is 5.73 Å². The maximum absolute atomic E-state index is 6.10. The van der Waals surface area contributed by atoms with Crippen LogP contribution in [0.25, 0.3) is 0 Å². The summed E-state index contributed by atoms with van der Waals surface area (Å²) in [6.07, 6.45) is 1.98. The second kappa shape index (κ2) is 6.33. The Bertz CT molecular complexity index is 528. The van der Waals surface area contributed by atoms with Crippen molar-refractivity contribution in [3.63, 3.8) is 0 Å². The Morgan fingerprint density at radius 3 is 2.68 bits per heavy atom. The summed E-state index contributed by atoms with van der Waals surface area (Å²) in [5.74, 6) is 1.22. The van der Waals surface area contributed by atoms with E-state index in [1.807, 2.05) is 13.0 Å². The largest absolute Gasteiger partial charge is 0.479 e. The lowest BCUT2D eigenvalue weighted by Gasteiger charge is -2.23. The molecule has 0 fully saturated rings. The van der Waals surface area contributed by atoms with Crippen LogP contribution in [-0.2, 0) is 0 Å². The van der Waals surface area contributed by atoms with Crippen LogP contribution in [0.1, 0.15) is 25.2 Å². The number of rotatable bonds is 5. The summed E-state index contributed by atoms with van der Waals surface area (Å²) < 4.78 is 11.3. The molecule has 0 saturated heterocycles. The third-order valence-corrected chi connectivity index (χ3v) is 3.36. The molecule has 1 aromatic carbocycles. The molecule has 0 saturated carbocycles. The number of hydrogen-bond acceptors (Lipinski definition) is 3. The van der Waals surface area contributed by atoms with E-state index in [-0.39, 0.29) is 12.1 Å². The molecule has 0 aliphatic carbocycles. The molecule has 0 aliphatic heterocycles. The number of benzene rings is 1. The van der Waals surface area contributed by atoms with E-state index in [0.717, 1.165) is 6.42 Å². The monoisotopic (exact) mass is 299 g/mol. The molecule has 2 rings (SSSR count). The van der Waals surface area contributed by atoms with E-state index in [1.165, 1.54) is 0 Å². The van der Waals surface area contributed by atoms with Gasteiger partial charge in [0.05, 0.1) is 11.3 Å². The Kier molecular flexibility index (Phi) is 4.75. The molecule has 5 heteroatoms. The predicted molar refractivity (Wildman–Crippen MR) is 76.8 cm³/mol. The molecule has 0 amide bonds. The van der Waals surface area contributed by atoms with E-state index < -0.39 is 0 Å². The van der Waals surface area contributed by atoms with Crippen LogP contribution in [0.4, 0.5) is 0 Å². The molecule has 19 heavy (non-hydrogen) atoms. The van der Waals surface area contributed by atoms with Gasteiger partial charge < -0.3 is 14.9 Å². The van der Waals surface area contributed by atoms with Crippen molar-refractivity contribution in [3.8, 4) is 5.75 Å². The predicted octanol–water partition coefficient (Wildman–Crippen LogP) is 4.44. The zero-order valence-electron chi connectivity index (χ0n) is 10.5. The van der Waals surface area contributed by atoms with E-state index in [1.54, 1.807) is 30.5 Å². The van der Waals surface area contributed by atoms with Crippen molar-refractivity contribution in [1.29, 1.82) is 0 Å². The Morgan fingerprint density at radius 2 is 2.11 bits per heavy atom. The molecular formula is C14H15Cl2NO2. The van der Waals surface area contributed by atoms with Crippen molar-refractivity contribution >= 4 is 23.2 Å². The minimum absolute atomic E-state index is 0.183. The van der Waals surface area contributed by atoms with Crippen LogP contribution in [0.2, 0.25) is 10.0 Å². The van der Waals surface area contributed by atoms with Gasteiger partial charge in [-0.3, -0.25) is 0 Å². The molecule has 1 aromatic heterocycles. The fraction of sp³-hybridized carbons (Fsp3) is 0.286. The first-order valence-electron chi connectivity index (χ1n) is 6.02. The van der Waals surface area contributed by atoms with Crippen molar-refractivity contribution < 1.29 is 9.15 Å². The number of halogens is 2. The molecule has 2 unspecified atom stereocenters. The minimum Gasteiger partial charge on any atom is -0.479 e. The molecule has 2 aromatic rings. The van der Waals surface area contributed by atoms with E-state index in [0.29, 0.717) is 21.6 Å². The highest BCUT2D eigenvalue weighted by Gasteiger charge is 2.24. The molecule has 102 valence electrons. The van der Waals surface area contributed by atoms with Crippen LogP contribution in [0.15, 0.2) is 41.0 Å². The van der Waals surface area contributed by atoms with Crippen LogP contribution in [0.5, 0.6) is 5.75 Å². The smallest absolute Gasteiger partial charge is 0.171 e. The summed E-state index contributed by atoms with van der Waals surface area (Å²) in [5, 5.41) is 1.01. The third kappa shape index (κ3) is 3.44. The SMILES string of the molecule is CCC(N)C(Oc1ccc(Cl)cc1Cl)c1ccco1. The maximum Gasteiger partial charge on any atom is 0.171 e.